The quantitative estimate of drug-likeness (QED) is 0.465. The van der Waals surface area contributed by atoms with Gasteiger partial charge in [-0.05, 0) is 35.4 Å². The average Bonchev–Trinajstić information content (AvgIpc) is 2.58. The maximum Gasteiger partial charge on any atom is 0.416 e. The van der Waals surface area contributed by atoms with Gasteiger partial charge in [0.15, 0.2) is 0 Å². The molecule has 0 heterocycles. The van der Waals surface area contributed by atoms with Gasteiger partial charge >= 0.3 is 6.18 Å². The summed E-state index contributed by atoms with van der Waals surface area (Å²) in [5, 5.41) is 13.2. The third kappa shape index (κ3) is 5.32. The fourth-order valence-corrected chi connectivity index (χ4v) is 2.18. The van der Waals surface area contributed by atoms with Crippen LogP contribution in [0.4, 0.5) is 18.9 Å². The van der Waals surface area contributed by atoms with Crippen molar-refractivity contribution in [2.45, 2.75) is 12.7 Å². The molecule has 0 aliphatic carbocycles. The van der Waals surface area contributed by atoms with Crippen LogP contribution in [0.3, 0.4) is 0 Å². The van der Waals surface area contributed by atoms with Crippen molar-refractivity contribution < 1.29 is 22.9 Å². The van der Waals surface area contributed by atoms with Crippen LogP contribution >= 0.6 is 11.6 Å². The summed E-state index contributed by atoms with van der Waals surface area (Å²) >= 11 is 5.84. The van der Waals surface area contributed by atoms with Gasteiger partial charge in [-0.3, -0.25) is 14.9 Å². The first kappa shape index (κ1) is 19.5. The highest BCUT2D eigenvalue weighted by molar-refractivity contribution is 6.32. The first-order valence-electron chi connectivity index (χ1n) is 7.23. The number of carbonyl (C=O) groups is 1. The average molecular weight is 385 g/mol. The topological polar surface area (TPSA) is 72.2 Å². The van der Waals surface area contributed by atoms with Gasteiger partial charge < -0.3 is 5.32 Å². The van der Waals surface area contributed by atoms with Gasteiger partial charge in [0.25, 0.3) is 5.69 Å². The van der Waals surface area contributed by atoms with Gasteiger partial charge in [0.2, 0.25) is 5.91 Å². The van der Waals surface area contributed by atoms with Crippen LogP contribution in [0.25, 0.3) is 6.08 Å². The molecule has 2 aromatic rings. The molecule has 0 atom stereocenters. The van der Waals surface area contributed by atoms with E-state index in [0.717, 1.165) is 24.3 Å². The molecule has 0 unspecified atom stereocenters. The van der Waals surface area contributed by atoms with Crippen LogP contribution in [0.15, 0.2) is 48.5 Å². The predicted molar refractivity (Wildman–Crippen MR) is 90.4 cm³/mol. The van der Waals surface area contributed by atoms with Crippen LogP contribution in [0.5, 0.6) is 0 Å². The van der Waals surface area contributed by atoms with Crippen LogP contribution in [0.2, 0.25) is 5.02 Å². The highest BCUT2D eigenvalue weighted by atomic mass is 35.5. The SMILES string of the molecule is O=C(/C=C/c1cc(C(F)(F)F)ccc1Cl)NCc1ccc([N+](=O)[O-])cc1. The van der Waals surface area contributed by atoms with Crippen molar-refractivity contribution in [2.75, 3.05) is 0 Å². The summed E-state index contributed by atoms with van der Waals surface area (Å²) in [5.41, 5.74) is -0.242. The van der Waals surface area contributed by atoms with Gasteiger partial charge in [0.1, 0.15) is 0 Å². The lowest BCUT2D eigenvalue weighted by atomic mass is 10.1. The van der Waals surface area contributed by atoms with Crippen LogP contribution < -0.4 is 5.32 Å². The number of hydrogen-bond acceptors (Lipinski definition) is 3. The van der Waals surface area contributed by atoms with E-state index in [9.17, 15) is 28.1 Å². The predicted octanol–water partition coefficient (Wildman–Crippen LogP) is 4.60. The molecule has 136 valence electrons. The number of alkyl halides is 3. The molecule has 0 aliphatic rings. The molecule has 0 saturated carbocycles. The number of nitro groups is 1. The van der Waals surface area contributed by atoms with E-state index in [1.807, 2.05) is 0 Å². The third-order valence-corrected chi connectivity index (χ3v) is 3.70. The number of nitrogens with zero attached hydrogens (tertiary/aromatic N) is 1. The molecule has 5 nitrogen and oxygen atoms in total. The molecule has 0 radical (unpaired) electrons. The van der Waals surface area contributed by atoms with Crippen LogP contribution in [-0.4, -0.2) is 10.8 Å². The smallest absolute Gasteiger partial charge is 0.348 e. The zero-order valence-electron chi connectivity index (χ0n) is 13.1. The van der Waals surface area contributed by atoms with Gasteiger partial charge in [-0.2, -0.15) is 13.2 Å². The number of hydrogen-bond donors (Lipinski definition) is 1. The third-order valence-electron chi connectivity index (χ3n) is 3.35. The largest absolute Gasteiger partial charge is 0.416 e. The number of carbonyl (C=O) groups excluding carboxylic acids is 1. The molecule has 0 aliphatic heterocycles. The number of nitro benzene ring substituents is 1. The first-order valence-corrected chi connectivity index (χ1v) is 7.60. The first-order chi connectivity index (χ1) is 12.2. The number of non-ortho nitro benzene ring substituents is 1. The Morgan fingerprint density at radius 2 is 1.85 bits per heavy atom. The molecule has 0 aromatic heterocycles. The summed E-state index contributed by atoms with van der Waals surface area (Å²) in [4.78, 5) is 21.8. The summed E-state index contributed by atoms with van der Waals surface area (Å²) in [6.07, 6.45) is -2.26. The lowest BCUT2D eigenvalue weighted by Crippen LogP contribution is -2.20. The van der Waals surface area contributed by atoms with Crippen LogP contribution in [-0.2, 0) is 17.5 Å². The van der Waals surface area contributed by atoms with Crippen molar-refractivity contribution in [1.29, 1.82) is 0 Å². The summed E-state index contributed by atoms with van der Waals surface area (Å²) < 4.78 is 38.1. The number of nitrogens with one attached hydrogen (secondary N) is 1. The van der Waals surface area contributed by atoms with Crippen molar-refractivity contribution in [3.05, 3.63) is 80.4 Å². The van der Waals surface area contributed by atoms with E-state index < -0.39 is 22.6 Å². The molecular weight excluding hydrogens is 373 g/mol. The van der Waals surface area contributed by atoms with Gasteiger partial charge in [0, 0.05) is 29.8 Å². The van der Waals surface area contributed by atoms with Crippen molar-refractivity contribution in [2.24, 2.45) is 0 Å². The molecule has 26 heavy (non-hydrogen) atoms. The summed E-state index contributed by atoms with van der Waals surface area (Å²) in [5.74, 6) is -0.545. The number of halogens is 4. The monoisotopic (exact) mass is 384 g/mol. The number of benzene rings is 2. The van der Waals surface area contributed by atoms with E-state index >= 15 is 0 Å². The molecule has 0 saturated heterocycles. The fourth-order valence-electron chi connectivity index (χ4n) is 2.00. The lowest BCUT2D eigenvalue weighted by molar-refractivity contribution is -0.384. The highest BCUT2D eigenvalue weighted by Gasteiger charge is 2.30. The normalized spacial score (nSPS) is 11.5. The minimum atomic E-state index is -4.51. The van der Waals surface area contributed by atoms with Crippen molar-refractivity contribution in [1.82, 2.24) is 5.32 Å². The van der Waals surface area contributed by atoms with Gasteiger partial charge in [-0.15, -0.1) is 0 Å². The molecule has 1 amide bonds. The Bertz CT molecular complexity index is 849. The Kier molecular flexibility index (Phi) is 5.99. The summed E-state index contributed by atoms with van der Waals surface area (Å²) in [6, 6.07) is 8.41. The minimum absolute atomic E-state index is 0.0620. The standard InChI is InChI=1S/C17H12ClF3N2O3/c18-15-7-4-13(17(19,20)21)9-12(15)3-8-16(24)22-10-11-1-5-14(6-2-11)23(25)26/h1-9H,10H2,(H,22,24)/b8-3+. The van der Waals surface area contributed by atoms with Gasteiger partial charge in [-0.25, -0.2) is 0 Å². The van der Waals surface area contributed by atoms with E-state index in [1.54, 1.807) is 0 Å². The van der Waals surface area contributed by atoms with Crippen molar-refractivity contribution >= 4 is 29.3 Å². The molecule has 0 bridgehead atoms. The van der Waals surface area contributed by atoms with Gasteiger partial charge in [-0.1, -0.05) is 23.7 Å². The maximum atomic E-state index is 12.7. The zero-order chi connectivity index (χ0) is 19.3. The molecule has 9 heteroatoms. The van der Waals surface area contributed by atoms with E-state index in [-0.39, 0.29) is 22.8 Å². The summed E-state index contributed by atoms with van der Waals surface area (Å²) in [6.45, 7) is 0.109. The summed E-state index contributed by atoms with van der Waals surface area (Å²) in [7, 11) is 0. The Labute approximate surface area is 151 Å². The van der Waals surface area contributed by atoms with Crippen LogP contribution in [0.1, 0.15) is 16.7 Å². The molecular formula is C17H12ClF3N2O3. The Hall–Kier alpha value is -2.87. The second kappa shape index (κ2) is 8.01. The van der Waals surface area contributed by atoms with Crippen molar-refractivity contribution in [3.63, 3.8) is 0 Å². The highest BCUT2D eigenvalue weighted by Crippen LogP contribution is 2.32. The Morgan fingerprint density at radius 1 is 1.19 bits per heavy atom. The molecule has 1 N–H and O–H groups in total. The Morgan fingerprint density at radius 3 is 2.42 bits per heavy atom. The number of rotatable bonds is 5. The zero-order valence-corrected chi connectivity index (χ0v) is 13.8. The second-order valence-corrected chi connectivity index (χ2v) is 5.62. The number of amides is 1. The van der Waals surface area contributed by atoms with Gasteiger partial charge in [0.05, 0.1) is 10.5 Å². The maximum absolute atomic E-state index is 12.7. The molecule has 2 aromatic carbocycles. The van der Waals surface area contributed by atoms with Crippen LogP contribution in [0, 0.1) is 10.1 Å². The lowest BCUT2D eigenvalue weighted by Gasteiger charge is -2.08. The fraction of sp³-hybridized carbons (Fsp3) is 0.118. The van der Waals surface area contributed by atoms with E-state index in [1.165, 1.54) is 30.3 Å². The second-order valence-electron chi connectivity index (χ2n) is 5.21. The van der Waals surface area contributed by atoms with Crippen molar-refractivity contribution in [3.8, 4) is 0 Å². The molecule has 2 rings (SSSR count). The van der Waals surface area contributed by atoms with E-state index in [2.05, 4.69) is 5.32 Å². The van der Waals surface area contributed by atoms with E-state index in [0.29, 0.717) is 5.56 Å². The molecule has 0 spiro atoms. The van der Waals surface area contributed by atoms with E-state index in [4.69, 9.17) is 11.6 Å². The molecule has 0 fully saturated rings. The minimum Gasteiger partial charge on any atom is -0.348 e. The Balaban J connectivity index is 2.00.